The third-order valence-electron chi connectivity index (χ3n) is 1.66. The molecule has 4 heteroatoms. The molecule has 1 aromatic heterocycles. The summed E-state index contributed by atoms with van der Waals surface area (Å²) >= 11 is 5.55. The Morgan fingerprint density at radius 2 is 1.92 bits per heavy atom. The van der Waals surface area contributed by atoms with E-state index in [1.807, 2.05) is 0 Å². The molecule has 1 N–H and O–H groups in total. The molecule has 0 fully saturated rings. The van der Waals surface area contributed by atoms with Gasteiger partial charge in [0.1, 0.15) is 0 Å². The Kier molecular flexibility index (Phi) is 5.25. The van der Waals surface area contributed by atoms with Crippen molar-refractivity contribution in [1.29, 1.82) is 0 Å². The fraction of sp³-hybridized carbons (Fsp3) is 0.556. The van der Waals surface area contributed by atoms with Crippen LogP contribution in [0.1, 0.15) is 19.3 Å². The van der Waals surface area contributed by atoms with Gasteiger partial charge in [-0.3, -0.25) is 0 Å². The summed E-state index contributed by atoms with van der Waals surface area (Å²) in [5, 5.41) is 3.14. The number of nitrogens with one attached hydrogen (secondary N) is 1. The van der Waals surface area contributed by atoms with Crippen LogP contribution in [0.4, 0.5) is 5.95 Å². The van der Waals surface area contributed by atoms with E-state index in [1.54, 1.807) is 18.5 Å². The minimum Gasteiger partial charge on any atom is -0.354 e. The molecule has 0 aromatic carbocycles. The van der Waals surface area contributed by atoms with Crippen molar-refractivity contribution in [2.24, 2.45) is 0 Å². The van der Waals surface area contributed by atoms with Crippen LogP contribution in [0, 0.1) is 0 Å². The highest BCUT2D eigenvalue weighted by Gasteiger charge is 1.91. The predicted octanol–water partition coefficient (Wildman–Crippen LogP) is 2.30. The summed E-state index contributed by atoms with van der Waals surface area (Å²) in [4.78, 5) is 8.10. The summed E-state index contributed by atoms with van der Waals surface area (Å²) in [6, 6.07) is 1.80. The van der Waals surface area contributed by atoms with Gasteiger partial charge < -0.3 is 5.32 Å². The lowest BCUT2D eigenvalue weighted by Gasteiger charge is -2.02. The molecule has 0 radical (unpaired) electrons. The Morgan fingerprint density at radius 3 is 2.62 bits per heavy atom. The molecule has 0 aliphatic heterocycles. The van der Waals surface area contributed by atoms with Crippen LogP contribution in [-0.2, 0) is 0 Å². The van der Waals surface area contributed by atoms with Crippen LogP contribution in [0.25, 0.3) is 0 Å². The number of nitrogens with zero attached hydrogens (tertiary/aromatic N) is 2. The molecule has 1 rings (SSSR count). The van der Waals surface area contributed by atoms with Crippen molar-refractivity contribution >= 4 is 17.5 Å². The molecule has 1 heterocycles. The lowest BCUT2D eigenvalue weighted by molar-refractivity contribution is 0.744. The van der Waals surface area contributed by atoms with E-state index >= 15 is 0 Å². The highest BCUT2D eigenvalue weighted by molar-refractivity contribution is 6.17. The van der Waals surface area contributed by atoms with Crippen molar-refractivity contribution in [1.82, 2.24) is 9.97 Å². The topological polar surface area (TPSA) is 37.8 Å². The number of halogens is 1. The van der Waals surface area contributed by atoms with Gasteiger partial charge in [0.05, 0.1) is 0 Å². The van der Waals surface area contributed by atoms with Gasteiger partial charge in [-0.05, 0) is 18.9 Å². The Hall–Kier alpha value is -0.830. The van der Waals surface area contributed by atoms with E-state index in [2.05, 4.69) is 15.3 Å². The third kappa shape index (κ3) is 4.68. The molecule has 72 valence electrons. The van der Waals surface area contributed by atoms with Crippen molar-refractivity contribution in [2.45, 2.75) is 19.3 Å². The number of hydrogen-bond acceptors (Lipinski definition) is 3. The average Bonchev–Trinajstić information content (AvgIpc) is 2.19. The zero-order valence-electron chi connectivity index (χ0n) is 7.54. The predicted molar refractivity (Wildman–Crippen MR) is 55.1 cm³/mol. The van der Waals surface area contributed by atoms with Crippen molar-refractivity contribution in [3.8, 4) is 0 Å². The van der Waals surface area contributed by atoms with Gasteiger partial charge in [-0.25, -0.2) is 9.97 Å². The minimum atomic E-state index is 0.702. The van der Waals surface area contributed by atoms with E-state index in [0.717, 1.165) is 31.7 Å². The number of aromatic nitrogens is 2. The molecule has 0 amide bonds. The van der Waals surface area contributed by atoms with Gasteiger partial charge in [0, 0.05) is 24.8 Å². The summed E-state index contributed by atoms with van der Waals surface area (Å²) in [7, 11) is 0. The van der Waals surface area contributed by atoms with Crippen LogP contribution in [0.15, 0.2) is 18.5 Å². The molecular weight excluding hydrogens is 186 g/mol. The highest BCUT2D eigenvalue weighted by Crippen LogP contribution is 1.99. The number of unbranched alkanes of at least 4 members (excludes halogenated alkanes) is 2. The summed E-state index contributed by atoms with van der Waals surface area (Å²) in [6.07, 6.45) is 6.81. The van der Waals surface area contributed by atoms with Crippen LogP contribution in [0.3, 0.4) is 0 Å². The molecule has 0 bridgehead atoms. The number of rotatable bonds is 6. The zero-order chi connectivity index (χ0) is 9.36. The smallest absolute Gasteiger partial charge is 0.222 e. The van der Waals surface area contributed by atoms with E-state index in [4.69, 9.17) is 11.6 Å². The first-order valence-corrected chi connectivity index (χ1v) is 5.04. The molecule has 1 aromatic rings. The summed E-state index contributed by atoms with van der Waals surface area (Å²) in [5.41, 5.74) is 0. The van der Waals surface area contributed by atoms with E-state index in [0.29, 0.717) is 5.95 Å². The molecule has 0 spiro atoms. The molecule has 13 heavy (non-hydrogen) atoms. The quantitative estimate of drug-likeness (QED) is 0.565. The molecule has 0 aliphatic carbocycles. The summed E-state index contributed by atoms with van der Waals surface area (Å²) in [6.45, 7) is 0.918. The Labute approximate surface area is 83.5 Å². The largest absolute Gasteiger partial charge is 0.354 e. The molecule has 3 nitrogen and oxygen atoms in total. The molecule has 0 saturated carbocycles. The first-order chi connectivity index (χ1) is 6.43. The lowest BCUT2D eigenvalue weighted by Crippen LogP contribution is -2.04. The molecular formula is C9H14ClN3. The number of hydrogen-bond donors (Lipinski definition) is 1. The van der Waals surface area contributed by atoms with Crippen LogP contribution in [0.5, 0.6) is 0 Å². The normalized spacial score (nSPS) is 9.92. The second kappa shape index (κ2) is 6.66. The fourth-order valence-corrected chi connectivity index (χ4v) is 1.18. The zero-order valence-corrected chi connectivity index (χ0v) is 8.30. The van der Waals surface area contributed by atoms with E-state index < -0.39 is 0 Å². The van der Waals surface area contributed by atoms with Gasteiger partial charge in [0.25, 0.3) is 0 Å². The number of alkyl halides is 1. The molecule has 0 aliphatic rings. The van der Waals surface area contributed by atoms with Gasteiger partial charge in [0.2, 0.25) is 5.95 Å². The number of anilines is 1. The summed E-state index contributed by atoms with van der Waals surface area (Å²) < 4.78 is 0. The lowest BCUT2D eigenvalue weighted by atomic mass is 10.2. The first kappa shape index (κ1) is 10.3. The average molecular weight is 200 g/mol. The Balaban J connectivity index is 2.07. The van der Waals surface area contributed by atoms with Gasteiger partial charge in [-0.2, -0.15) is 0 Å². The van der Waals surface area contributed by atoms with Crippen LogP contribution in [0.2, 0.25) is 0 Å². The van der Waals surface area contributed by atoms with E-state index in [-0.39, 0.29) is 0 Å². The maximum Gasteiger partial charge on any atom is 0.222 e. The van der Waals surface area contributed by atoms with Crippen LogP contribution >= 0.6 is 11.6 Å². The maximum absolute atomic E-state index is 5.55. The van der Waals surface area contributed by atoms with Crippen molar-refractivity contribution < 1.29 is 0 Å². The van der Waals surface area contributed by atoms with Crippen LogP contribution < -0.4 is 5.32 Å². The highest BCUT2D eigenvalue weighted by atomic mass is 35.5. The molecule has 0 atom stereocenters. The fourth-order valence-electron chi connectivity index (χ4n) is 0.987. The molecule has 0 unspecified atom stereocenters. The minimum absolute atomic E-state index is 0.702. The Morgan fingerprint density at radius 1 is 1.15 bits per heavy atom. The standard InChI is InChI=1S/C9H14ClN3/c10-5-2-1-3-6-11-9-12-7-4-8-13-9/h4,7-8H,1-3,5-6H2,(H,11,12,13). The van der Waals surface area contributed by atoms with E-state index in [1.165, 1.54) is 0 Å². The van der Waals surface area contributed by atoms with Gasteiger partial charge in [0.15, 0.2) is 0 Å². The monoisotopic (exact) mass is 199 g/mol. The second-order valence-corrected chi connectivity index (χ2v) is 3.13. The van der Waals surface area contributed by atoms with Gasteiger partial charge >= 0.3 is 0 Å². The second-order valence-electron chi connectivity index (χ2n) is 2.75. The first-order valence-electron chi connectivity index (χ1n) is 4.50. The van der Waals surface area contributed by atoms with Gasteiger partial charge in [-0.15, -0.1) is 11.6 Å². The third-order valence-corrected chi connectivity index (χ3v) is 1.93. The maximum atomic E-state index is 5.55. The molecule has 0 saturated heterocycles. The van der Waals surface area contributed by atoms with Crippen LogP contribution in [-0.4, -0.2) is 22.4 Å². The SMILES string of the molecule is ClCCCCCNc1ncccn1. The van der Waals surface area contributed by atoms with Crippen molar-refractivity contribution in [3.63, 3.8) is 0 Å². The van der Waals surface area contributed by atoms with E-state index in [9.17, 15) is 0 Å². The van der Waals surface area contributed by atoms with Crippen molar-refractivity contribution in [2.75, 3.05) is 17.7 Å². The van der Waals surface area contributed by atoms with Crippen molar-refractivity contribution in [3.05, 3.63) is 18.5 Å². The van der Waals surface area contributed by atoms with Gasteiger partial charge in [-0.1, -0.05) is 6.42 Å². The summed E-state index contributed by atoms with van der Waals surface area (Å²) in [5.74, 6) is 1.45. The Bertz CT molecular complexity index is 215.